The molecular formula is C24H16BNO. The summed E-state index contributed by atoms with van der Waals surface area (Å²) in [5, 5.41) is 2.56. The Morgan fingerprint density at radius 2 is 1.30 bits per heavy atom. The molecule has 6 rings (SSSR count). The van der Waals surface area contributed by atoms with Crippen LogP contribution in [0, 0.1) is 0 Å². The third-order valence-electron chi connectivity index (χ3n) is 5.47. The van der Waals surface area contributed by atoms with E-state index in [1.165, 1.54) is 38.4 Å². The number of nitrogens with zero attached hydrogens (tertiary/aromatic N) is 1. The van der Waals surface area contributed by atoms with Crippen molar-refractivity contribution in [2.45, 2.75) is 0 Å². The quantitative estimate of drug-likeness (QED) is 0.436. The number of fused-ring (bicyclic) bond motifs is 5. The van der Waals surface area contributed by atoms with Crippen LogP contribution < -0.4 is 15.6 Å². The van der Waals surface area contributed by atoms with Crippen LogP contribution in [0.25, 0.3) is 27.5 Å². The molecule has 2 nitrogen and oxygen atoms in total. The zero-order valence-corrected chi connectivity index (χ0v) is 14.7. The fourth-order valence-corrected chi connectivity index (χ4v) is 4.35. The van der Waals surface area contributed by atoms with Crippen molar-refractivity contribution >= 4 is 39.6 Å². The molecule has 27 heavy (non-hydrogen) atoms. The van der Waals surface area contributed by atoms with Crippen LogP contribution in [0.3, 0.4) is 0 Å². The van der Waals surface area contributed by atoms with Crippen LogP contribution in [0.4, 0.5) is 0 Å². The van der Waals surface area contributed by atoms with Crippen LogP contribution in [0.1, 0.15) is 0 Å². The minimum Gasteiger partial charge on any atom is -0.551 e. The SMILES string of the molecule is c1ccc(OB2c3ccccc3-n3c4ccccc4c4cccc2c43)cc1. The van der Waals surface area contributed by atoms with E-state index in [4.69, 9.17) is 4.65 Å². The number of rotatable bonds is 2. The maximum atomic E-state index is 6.51. The van der Waals surface area contributed by atoms with E-state index in [2.05, 4.69) is 71.3 Å². The van der Waals surface area contributed by atoms with Crippen LogP contribution in [0.15, 0.2) is 97.1 Å². The topological polar surface area (TPSA) is 14.2 Å². The molecule has 0 amide bonds. The van der Waals surface area contributed by atoms with E-state index in [0.717, 1.165) is 5.75 Å². The summed E-state index contributed by atoms with van der Waals surface area (Å²) in [6.07, 6.45) is 0. The standard InChI is InChI=1S/C24H16BNO/c1-2-9-17(10-3-1)27-25-20-13-5-7-16-23(20)26-22-15-6-4-11-18(22)19-12-8-14-21(25)24(19)26/h1-16H. The first kappa shape index (κ1) is 14.7. The van der Waals surface area contributed by atoms with E-state index in [9.17, 15) is 0 Å². The first-order valence-electron chi connectivity index (χ1n) is 9.25. The van der Waals surface area contributed by atoms with Gasteiger partial charge in [0, 0.05) is 16.5 Å². The highest BCUT2D eigenvalue weighted by Crippen LogP contribution is 2.33. The Bertz CT molecular complexity index is 1310. The van der Waals surface area contributed by atoms with Gasteiger partial charge in [-0.15, -0.1) is 0 Å². The van der Waals surface area contributed by atoms with Crippen molar-refractivity contribution in [3.8, 4) is 11.4 Å². The van der Waals surface area contributed by atoms with E-state index in [1.54, 1.807) is 0 Å². The molecule has 3 heteroatoms. The minimum absolute atomic E-state index is 0.121. The van der Waals surface area contributed by atoms with E-state index in [1.807, 2.05) is 30.3 Å². The van der Waals surface area contributed by atoms with E-state index < -0.39 is 0 Å². The molecule has 0 atom stereocenters. The monoisotopic (exact) mass is 345 g/mol. The third kappa shape index (κ3) is 2.03. The van der Waals surface area contributed by atoms with Gasteiger partial charge in [0.2, 0.25) is 0 Å². The van der Waals surface area contributed by atoms with Crippen LogP contribution >= 0.6 is 0 Å². The molecular weight excluding hydrogens is 329 g/mol. The van der Waals surface area contributed by atoms with Gasteiger partial charge >= 0.3 is 6.92 Å². The second kappa shape index (κ2) is 5.52. The Morgan fingerprint density at radius 1 is 0.593 bits per heavy atom. The van der Waals surface area contributed by atoms with Crippen molar-refractivity contribution < 1.29 is 4.65 Å². The highest BCUT2D eigenvalue weighted by molar-refractivity contribution is 6.84. The maximum absolute atomic E-state index is 6.51. The van der Waals surface area contributed by atoms with Crippen LogP contribution in [0.5, 0.6) is 5.75 Å². The van der Waals surface area contributed by atoms with Crippen molar-refractivity contribution in [1.29, 1.82) is 0 Å². The first-order chi connectivity index (χ1) is 13.4. The molecule has 0 spiro atoms. The van der Waals surface area contributed by atoms with Crippen molar-refractivity contribution in [2.24, 2.45) is 0 Å². The molecule has 0 unspecified atom stereocenters. The number of para-hydroxylation sites is 4. The average Bonchev–Trinajstić information content (AvgIpc) is 3.08. The van der Waals surface area contributed by atoms with Gasteiger partial charge in [0.25, 0.3) is 0 Å². The second-order valence-electron chi connectivity index (χ2n) is 6.97. The van der Waals surface area contributed by atoms with E-state index in [0.29, 0.717) is 0 Å². The summed E-state index contributed by atoms with van der Waals surface area (Å²) in [7, 11) is 0. The zero-order valence-electron chi connectivity index (χ0n) is 14.7. The summed E-state index contributed by atoms with van der Waals surface area (Å²) < 4.78 is 8.90. The summed E-state index contributed by atoms with van der Waals surface area (Å²) in [6.45, 7) is -0.121. The van der Waals surface area contributed by atoms with Crippen LogP contribution in [0.2, 0.25) is 0 Å². The summed E-state index contributed by atoms with van der Waals surface area (Å²) in [6, 6.07) is 33.8. The number of hydrogen-bond donors (Lipinski definition) is 0. The van der Waals surface area contributed by atoms with Crippen molar-refractivity contribution in [3.05, 3.63) is 97.1 Å². The molecule has 5 aromatic rings. The Labute approximate surface area is 157 Å². The molecule has 0 bridgehead atoms. The lowest BCUT2D eigenvalue weighted by atomic mass is 9.53. The summed E-state index contributed by atoms with van der Waals surface area (Å²) in [5.74, 6) is 0.888. The highest BCUT2D eigenvalue weighted by Gasteiger charge is 2.35. The van der Waals surface area contributed by atoms with E-state index >= 15 is 0 Å². The van der Waals surface area contributed by atoms with Crippen molar-refractivity contribution in [2.75, 3.05) is 0 Å². The smallest absolute Gasteiger partial charge is 0.430 e. The van der Waals surface area contributed by atoms with Gasteiger partial charge in [0.1, 0.15) is 0 Å². The first-order valence-corrected chi connectivity index (χ1v) is 9.25. The van der Waals surface area contributed by atoms with Gasteiger partial charge in [0.05, 0.1) is 16.8 Å². The number of benzene rings is 4. The minimum atomic E-state index is -0.121. The summed E-state index contributed by atoms with van der Waals surface area (Å²) in [4.78, 5) is 0. The number of hydrogen-bond acceptors (Lipinski definition) is 1. The molecule has 126 valence electrons. The molecule has 0 N–H and O–H groups in total. The molecule has 4 aromatic carbocycles. The molecule has 0 fully saturated rings. The van der Waals surface area contributed by atoms with Crippen molar-refractivity contribution in [3.63, 3.8) is 0 Å². The van der Waals surface area contributed by atoms with Gasteiger partial charge in [-0.3, -0.25) is 0 Å². The second-order valence-corrected chi connectivity index (χ2v) is 6.97. The summed E-state index contributed by atoms with van der Waals surface area (Å²) >= 11 is 0. The molecule has 0 saturated carbocycles. The average molecular weight is 345 g/mol. The Kier molecular flexibility index (Phi) is 3.00. The largest absolute Gasteiger partial charge is 0.551 e. The zero-order chi connectivity index (χ0) is 17.8. The van der Waals surface area contributed by atoms with Gasteiger partial charge in [0.15, 0.2) is 0 Å². The highest BCUT2D eigenvalue weighted by atomic mass is 16.4. The lowest BCUT2D eigenvalue weighted by Gasteiger charge is -2.26. The normalized spacial score (nSPS) is 12.4. The number of aromatic nitrogens is 1. The molecule has 1 aliphatic rings. The van der Waals surface area contributed by atoms with Crippen molar-refractivity contribution in [1.82, 2.24) is 4.57 Å². The molecule has 1 aliphatic heterocycles. The van der Waals surface area contributed by atoms with Gasteiger partial charge < -0.3 is 9.22 Å². The molecule has 1 aromatic heterocycles. The van der Waals surface area contributed by atoms with Crippen LogP contribution in [-0.2, 0) is 0 Å². The van der Waals surface area contributed by atoms with E-state index in [-0.39, 0.29) is 6.92 Å². The summed E-state index contributed by atoms with van der Waals surface area (Å²) in [5.41, 5.74) is 6.10. The Hall–Kier alpha value is -3.46. The third-order valence-corrected chi connectivity index (χ3v) is 5.47. The predicted octanol–water partition coefficient (Wildman–Crippen LogP) is 4.28. The fraction of sp³-hybridized carbons (Fsp3) is 0. The van der Waals surface area contributed by atoms with Gasteiger partial charge in [-0.2, -0.15) is 0 Å². The molecule has 0 saturated heterocycles. The molecule has 0 aliphatic carbocycles. The molecule has 2 heterocycles. The van der Waals surface area contributed by atoms with Gasteiger partial charge in [-0.25, -0.2) is 0 Å². The van der Waals surface area contributed by atoms with Crippen LogP contribution in [-0.4, -0.2) is 11.5 Å². The lowest BCUT2D eigenvalue weighted by molar-refractivity contribution is 0.591. The molecule has 0 radical (unpaired) electrons. The lowest BCUT2D eigenvalue weighted by Crippen LogP contribution is -2.52. The maximum Gasteiger partial charge on any atom is 0.430 e. The Balaban J connectivity index is 1.72. The van der Waals surface area contributed by atoms with Gasteiger partial charge in [-0.05, 0) is 35.2 Å². The predicted molar refractivity (Wildman–Crippen MR) is 113 cm³/mol. The Morgan fingerprint density at radius 3 is 2.22 bits per heavy atom. The van der Waals surface area contributed by atoms with Gasteiger partial charge in [-0.1, -0.05) is 72.8 Å². The fourth-order valence-electron chi connectivity index (χ4n) is 4.35.